The zero-order chi connectivity index (χ0) is 18.5. The molecule has 0 bridgehead atoms. The second kappa shape index (κ2) is 8.10. The van der Waals surface area contributed by atoms with Crippen LogP contribution in [0.15, 0.2) is 48.5 Å². The molecule has 2 aromatic carbocycles. The average Bonchev–Trinajstić information content (AvgIpc) is 2.63. The summed E-state index contributed by atoms with van der Waals surface area (Å²) in [6, 6.07) is 13.5. The van der Waals surface area contributed by atoms with Crippen molar-refractivity contribution in [2.45, 2.75) is 6.92 Å². The lowest BCUT2D eigenvalue weighted by atomic mass is 10.1. The van der Waals surface area contributed by atoms with Gasteiger partial charge in [0, 0.05) is 16.9 Å². The Morgan fingerprint density at radius 2 is 1.81 bits per heavy atom. The van der Waals surface area contributed by atoms with Crippen molar-refractivity contribution < 1.29 is 18.9 Å². The number of Topliss-reactive ketones (excluding diaryl/α,β-unsaturated/α-hetero) is 1. The molecule has 2 aromatic rings. The first kappa shape index (κ1) is 18.1. The Morgan fingerprint density at radius 1 is 1.12 bits per heavy atom. The third-order valence-corrected chi connectivity index (χ3v) is 4.63. The maximum Gasteiger partial charge on any atom is 0.279 e. The van der Waals surface area contributed by atoms with Crippen molar-refractivity contribution in [2.24, 2.45) is 0 Å². The number of hydrogen-bond donors (Lipinski definition) is 2. The van der Waals surface area contributed by atoms with Crippen molar-refractivity contribution in [2.75, 3.05) is 42.9 Å². The second-order valence-corrected chi connectivity index (χ2v) is 6.58. The Labute approximate surface area is 152 Å². The molecule has 0 spiro atoms. The molecular weight excluding hydrogens is 333 g/mol. The van der Waals surface area contributed by atoms with E-state index in [2.05, 4.69) is 10.2 Å². The summed E-state index contributed by atoms with van der Waals surface area (Å²) in [5.74, 6) is -0.317. The van der Waals surface area contributed by atoms with Gasteiger partial charge in [0.2, 0.25) is 0 Å². The third kappa shape index (κ3) is 4.67. The summed E-state index contributed by atoms with van der Waals surface area (Å²) in [7, 11) is 0. The molecule has 0 aliphatic carbocycles. The van der Waals surface area contributed by atoms with E-state index >= 15 is 0 Å². The zero-order valence-corrected chi connectivity index (χ0v) is 14.8. The fourth-order valence-electron chi connectivity index (χ4n) is 3.16. The van der Waals surface area contributed by atoms with Crippen LogP contribution in [0.1, 0.15) is 17.3 Å². The number of quaternary nitrogens is 1. The standard InChI is InChI=1S/C20H22FN3O2/c1-15(25)16-3-2-4-18(13-16)22-20(26)14-23-9-11-24(12-10-23)19-7-5-17(21)6-8-19/h2-8,13H,9-12,14H2,1H3,(H,22,26)/p+1. The van der Waals surface area contributed by atoms with E-state index in [0.29, 0.717) is 17.8 Å². The van der Waals surface area contributed by atoms with Crippen molar-refractivity contribution >= 4 is 23.1 Å². The van der Waals surface area contributed by atoms with Gasteiger partial charge in [0.25, 0.3) is 5.91 Å². The van der Waals surface area contributed by atoms with Crippen LogP contribution in [-0.2, 0) is 4.79 Å². The fourth-order valence-corrected chi connectivity index (χ4v) is 3.16. The van der Waals surface area contributed by atoms with E-state index in [1.54, 1.807) is 36.4 Å². The number of benzene rings is 2. The molecule has 0 radical (unpaired) electrons. The van der Waals surface area contributed by atoms with Gasteiger partial charge in [-0.15, -0.1) is 0 Å². The van der Waals surface area contributed by atoms with Crippen LogP contribution in [0, 0.1) is 5.82 Å². The molecule has 0 aromatic heterocycles. The van der Waals surface area contributed by atoms with Crippen molar-refractivity contribution in [3.05, 3.63) is 59.9 Å². The number of nitrogens with zero attached hydrogens (tertiary/aromatic N) is 1. The maximum atomic E-state index is 13.0. The maximum absolute atomic E-state index is 13.0. The first-order valence-corrected chi connectivity index (χ1v) is 8.76. The molecule has 1 saturated heterocycles. The van der Waals surface area contributed by atoms with E-state index in [1.807, 2.05) is 0 Å². The highest BCUT2D eigenvalue weighted by Gasteiger charge is 2.22. The van der Waals surface area contributed by atoms with Gasteiger partial charge in [-0.1, -0.05) is 12.1 Å². The molecule has 0 atom stereocenters. The van der Waals surface area contributed by atoms with Gasteiger partial charge in [-0.2, -0.15) is 0 Å². The Morgan fingerprint density at radius 3 is 2.46 bits per heavy atom. The normalized spacial score (nSPS) is 14.9. The number of carbonyl (C=O) groups is 2. The molecule has 6 heteroatoms. The van der Waals surface area contributed by atoms with Crippen molar-refractivity contribution in [1.82, 2.24) is 0 Å². The average molecular weight is 356 g/mol. The molecule has 3 rings (SSSR count). The third-order valence-electron chi connectivity index (χ3n) is 4.63. The number of ketones is 1. The van der Waals surface area contributed by atoms with Crippen LogP contribution in [0.25, 0.3) is 0 Å². The number of amides is 1. The number of rotatable bonds is 5. The Kier molecular flexibility index (Phi) is 5.63. The molecule has 0 saturated carbocycles. The summed E-state index contributed by atoms with van der Waals surface area (Å²) in [5.41, 5.74) is 2.24. The predicted octanol–water partition coefficient (Wildman–Crippen LogP) is 1.37. The smallest absolute Gasteiger partial charge is 0.279 e. The van der Waals surface area contributed by atoms with Crippen LogP contribution in [0.4, 0.5) is 15.8 Å². The van der Waals surface area contributed by atoms with Crippen molar-refractivity contribution in [1.29, 1.82) is 0 Å². The molecule has 1 aliphatic heterocycles. The molecule has 136 valence electrons. The first-order valence-electron chi connectivity index (χ1n) is 8.76. The largest absolute Gasteiger partial charge is 0.360 e. The minimum Gasteiger partial charge on any atom is -0.360 e. The Hall–Kier alpha value is -2.73. The van der Waals surface area contributed by atoms with Crippen molar-refractivity contribution in [3.63, 3.8) is 0 Å². The number of carbonyl (C=O) groups excluding carboxylic acids is 2. The van der Waals surface area contributed by atoms with Crippen LogP contribution in [0.3, 0.4) is 0 Å². The van der Waals surface area contributed by atoms with Crippen LogP contribution >= 0.6 is 0 Å². The lowest BCUT2D eigenvalue weighted by Crippen LogP contribution is -3.15. The molecule has 1 fully saturated rings. The van der Waals surface area contributed by atoms with E-state index in [9.17, 15) is 14.0 Å². The summed E-state index contributed by atoms with van der Waals surface area (Å²) in [5, 5.41) is 2.87. The van der Waals surface area contributed by atoms with Gasteiger partial charge in [-0.25, -0.2) is 4.39 Å². The van der Waals surface area contributed by atoms with E-state index in [1.165, 1.54) is 24.0 Å². The van der Waals surface area contributed by atoms with Crippen LogP contribution in [-0.4, -0.2) is 44.4 Å². The Bertz CT molecular complexity index is 784. The zero-order valence-electron chi connectivity index (χ0n) is 14.8. The topological polar surface area (TPSA) is 53.9 Å². The SMILES string of the molecule is CC(=O)c1cccc(NC(=O)C[NH+]2CCN(c3ccc(F)cc3)CC2)c1. The molecule has 1 heterocycles. The van der Waals surface area contributed by atoms with Gasteiger partial charge in [0.1, 0.15) is 5.82 Å². The first-order chi connectivity index (χ1) is 12.5. The lowest BCUT2D eigenvalue weighted by Gasteiger charge is -2.33. The summed E-state index contributed by atoms with van der Waals surface area (Å²) >= 11 is 0. The van der Waals surface area contributed by atoms with Gasteiger partial charge in [-0.05, 0) is 43.3 Å². The molecule has 1 aliphatic rings. The highest BCUT2D eigenvalue weighted by Crippen LogP contribution is 2.14. The molecule has 5 nitrogen and oxygen atoms in total. The molecule has 1 amide bonds. The number of anilines is 2. The summed E-state index contributed by atoms with van der Waals surface area (Å²) in [4.78, 5) is 27.1. The van der Waals surface area contributed by atoms with E-state index in [0.717, 1.165) is 31.9 Å². The predicted molar refractivity (Wildman–Crippen MR) is 99.3 cm³/mol. The number of hydrogen-bond acceptors (Lipinski definition) is 3. The quantitative estimate of drug-likeness (QED) is 0.796. The Balaban J connectivity index is 1.49. The molecule has 26 heavy (non-hydrogen) atoms. The number of nitrogens with one attached hydrogen (secondary N) is 2. The number of halogens is 1. The summed E-state index contributed by atoms with van der Waals surface area (Å²) in [6.07, 6.45) is 0. The summed E-state index contributed by atoms with van der Waals surface area (Å²) < 4.78 is 13.0. The lowest BCUT2D eigenvalue weighted by molar-refractivity contribution is -0.892. The van der Waals surface area contributed by atoms with Gasteiger partial charge in [0.15, 0.2) is 12.3 Å². The minimum absolute atomic E-state index is 0.0244. The van der Waals surface area contributed by atoms with E-state index in [4.69, 9.17) is 0 Å². The van der Waals surface area contributed by atoms with Gasteiger partial charge in [-0.3, -0.25) is 9.59 Å². The van der Waals surface area contributed by atoms with Gasteiger partial charge >= 0.3 is 0 Å². The highest BCUT2D eigenvalue weighted by molar-refractivity contribution is 5.97. The summed E-state index contributed by atoms with van der Waals surface area (Å²) in [6.45, 7) is 5.24. The molecule has 2 N–H and O–H groups in total. The van der Waals surface area contributed by atoms with Crippen LogP contribution < -0.4 is 15.1 Å². The molecular formula is C20H23FN3O2+. The minimum atomic E-state index is -0.233. The van der Waals surface area contributed by atoms with Crippen LogP contribution in [0.5, 0.6) is 0 Å². The van der Waals surface area contributed by atoms with Crippen molar-refractivity contribution in [3.8, 4) is 0 Å². The van der Waals surface area contributed by atoms with Gasteiger partial charge in [0.05, 0.1) is 26.2 Å². The highest BCUT2D eigenvalue weighted by atomic mass is 19.1. The van der Waals surface area contributed by atoms with Gasteiger partial charge < -0.3 is 15.1 Å². The van der Waals surface area contributed by atoms with Crippen LogP contribution in [0.2, 0.25) is 0 Å². The second-order valence-electron chi connectivity index (χ2n) is 6.58. The van der Waals surface area contributed by atoms with E-state index in [-0.39, 0.29) is 17.5 Å². The van der Waals surface area contributed by atoms with E-state index < -0.39 is 0 Å². The monoisotopic (exact) mass is 356 g/mol. The number of piperazine rings is 1. The fraction of sp³-hybridized carbons (Fsp3) is 0.300. The molecule has 0 unspecified atom stereocenters.